The Kier molecular flexibility index (Phi) is 1.63. The van der Waals surface area contributed by atoms with Crippen molar-refractivity contribution in [3.05, 3.63) is 30.9 Å². The van der Waals surface area contributed by atoms with E-state index in [1.807, 2.05) is 0 Å². The number of benzene rings is 1. The maximum absolute atomic E-state index is 9.51. The Morgan fingerprint density at radius 3 is 2.54 bits per heavy atom. The number of aromatic hydroxyl groups is 1. The topological polar surface area (TPSA) is 77.0 Å². The summed E-state index contributed by atoms with van der Waals surface area (Å²) in [6, 6.07) is 4.89. The van der Waals surface area contributed by atoms with Gasteiger partial charge in [-0.05, 0) is 12.1 Å². The van der Waals surface area contributed by atoms with Crippen molar-refractivity contribution >= 4 is 5.69 Å². The molecule has 1 aromatic heterocycles. The molecular weight excluding hydrogens is 168 g/mol. The summed E-state index contributed by atoms with van der Waals surface area (Å²) in [4.78, 5) is 0. The lowest BCUT2D eigenvalue weighted by Gasteiger charge is -2.04. The van der Waals surface area contributed by atoms with Gasteiger partial charge in [-0.1, -0.05) is 0 Å². The lowest BCUT2D eigenvalue weighted by Crippen LogP contribution is -1.92. The monoisotopic (exact) mass is 176 g/mol. The van der Waals surface area contributed by atoms with Crippen LogP contribution in [-0.4, -0.2) is 19.9 Å². The van der Waals surface area contributed by atoms with Crippen LogP contribution in [0.3, 0.4) is 0 Å². The number of nitrogens with zero attached hydrogens (tertiary/aromatic N) is 3. The number of anilines is 1. The molecule has 0 aliphatic carbocycles. The van der Waals surface area contributed by atoms with Gasteiger partial charge in [0.05, 0.1) is 5.69 Å². The van der Waals surface area contributed by atoms with Crippen LogP contribution in [-0.2, 0) is 0 Å². The zero-order valence-corrected chi connectivity index (χ0v) is 6.75. The summed E-state index contributed by atoms with van der Waals surface area (Å²) >= 11 is 0. The minimum absolute atomic E-state index is 0.111. The molecule has 1 aromatic carbocycles. The van der Waals surface area contributed by atoms with Crippen LogP contribution in [0.25, 0.3) is 5.69 Å². The summed E-state index contributed by atoms with van der Waals surface area (Å²) < 4.78 is 1.61. The minimum Gasteiger partial charge on any atom is -0.506 e. The van der Waals surface area contributed by atoms with E-state index in [1.165, 1.54) is 18.7 Å². The summed E-state index contributed by atoms with van der Waals surface area (Å²) in [5, 5.41) is 16.8. The molecule has 1 heterocycles. The number of hydrogen-bond donors (Lipinski definition) is 2. The predicted molar refractivity (Wildman–Crippen MR) is 47.4 cm³/mol. The lowest BCUT2D eigenvalue weighted by molar-refractivity contribution is 0.472. The number of phenolic OH excluding ortho intramolecular Hbond substituents is 1. The average Bonchev–Trinajstić information content (AvgIpc) is 2.56. The second-order valence-electron chi connectivity index (χ2n) is 2.62. The van der Waals surface area contributed by atoms with Gasteiger partial charge in [-0.3, -0.25) is 4.57 Å². The number of nitrogen functional groups attached to an aromatic ring is 1. The van der Waals surface area contributed by atoms with Crippen LogP contribution < -0.4 is 5.73 Å². The Morgan fingerprint density at radius 2 is 1.92 bits per heavy atom. The molecule has 2 rings (SSSR count). The summed E-state index contributed by atoms with van der Waals surface area (Å²) in [7, 11) is 0. The van der Waals surface area contributed by atoms with Crippen molar-refractivity contribution in [1.29, 1.82) is 0 Å². The summed E-state index contributed by atoms with van der Waals surface area (Å²) in [5.74, 6) is 0.111. The lowest BCUT2D eigenvalue weighted by atomic mass is 10.2. The maximum atomic E-state index is 9.51. The molecular formula is C8H8N4O. The fourth-order valence-electron chi connectivity index (χ4n) is 1.08. The van der Waals surface area contributed by atoms with E-state index in [0.29, 0.717) is 11.4 Å². The van der Waals surface area contributed by atoms with Gasteiger partial charge in [0.25, 0.3) is 0 Å². The van der Waals surface area contributed by atoms with Crippen LogP contribution in [0.4, 0.5) is 5.69 Å². The smallest absolute Gasteiger partial charge is 0.141 e. The van der Waals surface area contributed by atoms with Gasteiger partial charge in [-0.15, -0.1) is 10.2 Å². The fourth-order valence-corrected chi connectivity index (χ4v) is 1.08. The largest absolute Gasteiger partial charge is 0.506 e. The first-order valence-electron chi connectivity index (χ1n) is 3.71. The van der Waals surface area contributed by atoms with Crippen molar-refractivity contribution in [1.82, 2.24) is 14.8 Å². The standard InChI is InChI=1S/C8H8N4O/c9-6-1-2-7(8(13)3-6)12-4-10-11-5-12/h1-5,13H,9H2. The van der Waals surface area contributed by atoms with Crippen LogP contribution in [0.2, 0.25) is 0 Å². The minimum atomic E-state index is 0.111. The van der Waals surface area contributed by atoms with Gasteiger partial charge in [-0.25, -0.2) is 0 Å². The quantitative estimate of drug-likeness (QED) is 0.622. The second-order valence-corrected chi connectivity index (χ2v) is 2.62. The molecule has 2 aromatic rings. The highest BCUT2D eigenvalue weighted by molar-refractivity contribution is 5.54. The number of phenols is 1. The van der Waals surface area contributed by atoms with Crippen molar-refractivity contribution in [2.24, 2.45) is 0 Å². The number of nitrogens with two attached hydrogens (primary N) is 1. The van der Waals surface area contributed by atoms with E-state index in [-0.39, 0.29) is 5.75 Å². The van der Waals surface area contributed by atoms with Gasteiger partial charge in [0.15, 0.2) is 0 Å². The number of aromatic nitrogens is 3. The molecule has 0 atom stereocenters. The van der Waals surface area contributed by atoms with Crippen molar-refractivity contribution < 1.29 is 5.11 Å². The summed E-state index contributed by atoms with van der Waals surface area (Å²) in [6.07, 6.45) is 3.01. The highest BCUT2D eigenvalue weighted by atomic mass is 16.3. The Morgan fingerprint density at radius 1 is 1.23 bits per heavy atom. The van der Waals surface area contributed by atoms with Gasteiger partial charge in [0.1, 0.15) is 18.4 Å². The van der Waals surface area contributed by atoms with Gasteiger partial charge in [-0.2, -0.15) is 0 Å². The molecule has 5 heteroatoms. The first kappa shape index (κ1) is 7.60. The van der Waals surface area contributed by atoms with Crippen LogP contribution in [0.15, 0.2) is 30.9 Å². The van der Waals surface area contributed by atoms with Crippen molar-refractivity contribution in [3.8, 4) is 11.4 Å². The molecule has 0 spiro atoms. The van der Waals surface area contributed by atoms with Crippen LogP contribution in [0.1, 0.15) is 0 Å². The highest BCUT2D eigenvalue weighted by Gasteiger charge is 2.02. The Hall–Kier alpha value is -2.04. The van der Waals surface area contributed by atoms with Crippen molar-refractivity contribution in [2.75, 3.05) is 5.73 Å². The van der Waals surface area contributed by atoms with Gasteiger partial charge < -0.3 is 10.8 Å². The molecule has 0 unspecified atom stereocenters. The van der Waals surface area contributed by atoms with Crippen LogP contribution >= 0.6 is 0 Å². The first-order valence-corrected chi connectivity index (χ1v) is 3.71. The molecule has 5 nitrogen and oxygen atoms in total. The van der Waals surface area contributed by atoms with Gasteiger partial charge in [0.2, 0.25) is 0 Å². The van der Waals surface area contributed by atoms with E-state index < -0.39 is 0 Å². The molecule has 13 heavy (non-hydrogen) atoms. The molecule has 0 aliphatic rings. The first-order chi connectivity index (χ1) is 6.27. The molecule has 0 fully saturated rings. The molecule has 66 valence electrons. The van der Waals surface area contributed by atoms with Crippen molar-refractivity contribution in [2.45, 2.75) is 0 Å². The zero-order chi connectivity index (χ0) is 9.26. The number of hydrogen-bond acceptors (Lipinski definition) is 4. The van der Waals surface area contributed by atoms with E-state index in [9.17, 15) is 5.11 Å². The van der Waals surface area contributed by atoms with Crippen LogP contribution in [0.5, 0.6) is 5.75 Å². The zero-order valence-electron chi connectivity index (χ0n) is 6.75. The molecule has 0 radical (unpaired) electrons. The maximum Gasteiger partial charge on any atom is 0.141 e. The highest BCUT2D eigenvalue weighted by Crippen LogP contribution is 2.23. The molecule has 0 aliphatic heterocycles. The second kappa shape index (κ2) is 2.78. The molecule has 3 N–H and O–H groups in total. The molecule has 0 bridgehead atoms. The Bertz CT molecular complexity index is 410. The van der Waals surface area contributed by atoms with E-state index in [0.717, 1.165) is 0 Å². The predicted octanol–water partition coefficient (Wildman–Crippen LogP) is 0.555. The summed E-state index contributed by atoms with van der Waals surface area (Å²) in [6.45, 7) is 0. The summed E-state index contributed by atoms with van der Waals surface area (Å²) in [5.41, 5.74) is 6.61. The third-order valence-corrected chi connectivity index (χ3v) is 1.70. The third kappa shape index (κ3) is 1.31. The van der Waals surface area contributed by atoms with Gasteiger partial charge >= 0.3 is 0 Å². The molecule has 0 saturated heterocycles. The van der Waals surface area contributed by atoms with Crippen molar-refractivity contribution in [3.63, 3.8) is 0 Å². The number of rotatable bonds is 1. The third-order valence-electron chi connectivity index (χ3n) is 1.70. The van der Waals surface area contributed by atoms with E-state index in [2.05, 4.69) is 10.2 Å². The van der Waals surface area contributed by atoms with E-state index in [1.54, 1.807) is 16.7 Å². The van der Waals surface area contributed by atoms with Crippen LogP contribution in [0, 0.1) is 0 Å². The Balaban J connectivity index is 2.53. The SMILES string of the molecule is Nc1ccc(-n2cnnc2)c(O)c1. The fraction of sp³-hybridized carbons (Fsp3) is 0. The normalized spacial score (nSPS) is 10.2. The van der Waals surface area contributed by atoms with Gasteiger partial charge in [0, 0.05) is 11.8 Å². The van der Waals surface area contributed by atoms with E-state index >= 15 is 0 Å². The Labute approximate surface area is 74.4 Å². The molecule has 0 saturated carbocycles. The van der Waals surface area contributed by atoms with E-state index in [4.69, 9.17) is 5.73 Å². The average molecular weight is 176 g/mol. The molecule has 0 amide bonds.